The molecule has 5 aromatic rings. The Balaban J connectivity index is 1.91. The zero-order valence-corrected chi connectivity index (χ0v) is 19.3. The first-order chi connectivity index (χ1) is 17.2. The molecular formula is C33H26O2. The van der Waals surface area contributed by atoms with Crippen LogP contribution in [0, 0.1) is 0 Å². The van der Waals surface area contributed by atoms with Gasteiger partial charge in [0.05, 0.1) is 0 Å². The summed E-state index contributed by atoms with van der Waals surface area (Å²) in [6.07, 6.45) is 0. The van der Waals surface area contributed by atoms with Crippen molar-refractivity contribution in [2.45, 2.75) is 17.1 Å². The van der Waals surface area contributed by atoms with Crippen LogP contribution in [0.4, 0.5) is 0 Å². The highest BCUT2D eigenvalue weighted by atomic mass is 16.4. The van der Waals surface area contributed by atoms with Crippen molar-refractivity contribution >= 4 is 0 Å². The lowest BCUT2D eigenvalue weighted by Gasteiger charge is -2.46. The molecule has 1 unspecified atom stereocenters. The molecule has 0 saturated carbocycles. The van der Waals surface area contributed by atoms with E-state index in [0.717, 1.165) is 11.1 Å². The molecule has 0 bridgehead atoms. The predicted octanol–water partition coefficient (Wildman–Crippen LogP) is 7.52. The zero-order valence-electron chi connectivity index (χ0n) is 19.3. The summed E-state index contributed by atoms with van der Waals surface area (Å²) in [5.41, 5.74) is -1.29. The average Bonchev–Trinajstić information content (AvgIpc) is 2.95. The van der Waals surface area contributed by atoms with Gasteiger partial charge in [0, 0.05) is 5.92 Å². The van der Waals surface area contributed by atoms with Crippen LogP contribution in [0.25, 0.3) is 0 Å². The third-order valence-corrected chi connectivity index (χ3v) is 6.76. The molecule has 2 nitrogen and oxygen atoms in total. The first-order valence-electron chi connectivity index (χ1n) is 11.8. The van der Waals surface area contributed by atoms with E-state index < -0.39 is 17.1 Å². The summed E-state index contributed by atoms with van der Waals surface area (Å²) in [7, 11) is 0. The lowest BCUT2D eigenvalue weighted by molar-refractivity contribution is -0.214. The van der Waals surface area contributed by atoms with Gasteiger partial charge >= 0.3 is 0 Å². The van der Waals surface area contributed by atoms with E-state index in [0.29, 0.717) is 16.7 Å². The van der Waals surface area contributed by atoms with E-state index in [1.54, 1.807) is 36.4 Å². The summed E-state index contributed by atoms with van der Waals surface area (Å²) in [5.74, 6) is -0.745. The van der Waals surface area contributed by atoms with Crippen LogP contribution in [-0.2, 0) is 21.4 Å². The summed E-state index contributed by atoms with van der Waals surface area (Å²) < 4.78 is 0. The fraction of sp³-hybridized carbons (Fsp3) is 0.0909. The second kappa shape index (κ2) is 9.71. The molecule has 5 rings (SSSR count). The Morgan fingerprint density at radius 2 is 0.657 bits per heavy atom. The van der Waals surface area contributed by atoms with Gasteiger partial charge in [-0.1, -0.05) is 152 Å². The molecule has 0 aliphatic rings. The summed E-state index contributed by atoms with van der Waals surface area (Å²) in [5, 5.41) is 31.5. The van der Waals surface area contributed by atoms with Gasteiger partial charge in [-0.15, -0.1) is 0 Å². The highest BCUT2D eigenvalue weighted by Crippen LogP contribution is 2.55. The Hall–Kier alpha value is -3.98. The molecule has 0 N–H and O–H groups in total. The average molecular weight is 455 g/mol. The number of benzene rings is 5. The van der Waals surface area contributed by atoms with Gasteiger partial charge in [0.2, 0.25) is 0 Å². The van der Waals surface area contributed by atoms with Crippen molar-refractivity contribution in [3.63, 3.8) is 0 Å². The minimum Gasteiger partial charge on any atom is -0.219 e. The Labute approximate surface area is 206 Å². The molecule has 0 aliphatic heterocycles. The molecule has 2 radical (unpaired) electrons. The molecule has 0 saturated heterocycles. The summed E-state index contributed by atoms with van der Waals surface area (Å²) >= 11 is 0. The van der Waals surface area contributed by atoms with Crippen molar-refractivity contribution < 1.29 is 10.2 Å². The molecule has 35 heavy (non-hydrogen) atoms. The maximum absolute atomic E-state index is 15.9. The van der Waals surface area contributed by atoms with Gasteiger partial charge in [-0.2, -0.15) is 0 Å². The summed E-state index contributed by atoms with van der Waals surface area (Å²) in [6.45, 7) is 0. The molecule has 2 heteroatoms. The van der Waals surface area contributed by atoms with Crippen molar-refractivity contribution in [1.29, 1.82) is 0 Å². The zero-order chi connectivity index (χ0) is 24.1. The molecule has 0 spiro atoms. The molecule has 0 amide bonds. The van der Waals surface area contributed by atoms with Gasteiger partial charge in [-0.25, -0.2) is 10.2 Å². The van der Waals surface area contributed by atoms with E-state index in [1.807, 2.05) is 115 Å². The molecule has 0 aromatic heterocycles. The molecule has 170 valence electrons. The van der Waals surface area contributed by atoms with Gasteiger partial charge in [-0.3, -0.25) is 0 Å². The van der Waals surface area contributed by atoms with Crippen molar-refractivity contribution in [3.05, 3.63) is 179 Å². The van der Waals surface area contributed by atoms with Crippen LogP contribution in [0.1, 0.15) is 33.7 Å². The third kappa shape index (κ3) is 3.97. The van der Waals surface area contributed by atoms with Crippen LogP contribution in [0.3, 0.4) is 0 Å². The highest BCUT2D eigenvalue weighted by molar-refractivity contribution is 5.50. The number of rotatable bonds is 7. The first-order valence-corrected chi connectivity index (χ1v) is 11.8. The maximum atomic E-state index is 15.9. The topological polar surface area (TPSA) is 39.8 Å². The van der Waals surface area contributed by atoms with Crippen LogP contribution in [0.2, 0.25) is 0 Å². The smallest absolute Gasteiger partial charge is 0.191 e. The van der Waals surface area contributed by atoms with Gasteiger partial charge < -0.3 is 0 Å². The molecule has 0 aliphatic carbocycles. The van der Waals surface area contributed by atoms with Crippen molar-refractivity contribution in [2.24, 2.45) is 0 Å². The fourth-order valence-corrected chi connectivity index (χ4v) is 5.15. The molecule has 1 atom stereocenters. The van der Waals surface area contributed by atoms with Crippen molar-refractivity contribution in [3.8, 4) is 0 Å². The standard InChI is InChI=1S/C33H26O2/c34-32(28-20-10-3-11-21-28,29-22-12-4-13-23-29)33(35,30-24-14-5-15-25-30)31(26-16-6-1-7-17-26)27-18-8-2-9-19-27/h1-25,31H. The minimum absolute atomic E-state index is 0.446. The Kier molecular flexibility index (Phi) is 6.33. The second-order valence-corrected chi connectivity index (χ2v) is 8.77. The Morgan fingerprint density at radius 3 is 1.00 bits per heavy atom. The van der Waals surface area contributed by atoms with Gasteiger partial charge in [0.25, 0.3) is 0 Å². The molecule has 5 aromatic carbocycles. The van der Waals surface area contributed by atoms with Crippen LogP contribution >= 0.6 is 0 Å². The quantitative estimate of drug-likeness (QED) is 0.244. The van der Waals surface area contributed by atoms with E-state index in [-0.39, 0.29) is 0 Å². The monoisotopic (exact) mass is 454 g/mol. The second-order valence-electron chi connectivity index (χ2n) is 8.77. The first kappa shape index (κ1) is 22.8. The van der Waals surface area contributed by atoms with Crippen LogP contribution in [-0.4, -0.2) is 0 Å². The minimum atomic E-state index is -2.13. The number of hydrogen-bond acceptors (Lipinski definition) is 0. The third-order valence-electron chi connectivity index (χ3n) is 6.76. The summed E-state index contributed by atoms with van der Waals surface area (Å²) in [4.78, 5) is 0. The van der Waals surface area contributed by atoms with Gasteiger partial charge in [-0.05, 0) is 27.8 Å². The van der Waals surface area contributed by atoms with E-state index in [2.05, 4.69) is 0 Å². The van der Waals surface area contributed by atoms with E-state index in [4.69, 9.17) is 0 Å². The van der Waals surface area contributed by atoms with E-state index in [1.165, 1.54) is 0 Å². The van der Waals surface area contributed by atoms with Crippen LogP contribution in [0.15, 0.2) is 152 Å². The molecule has 0 heterocycles. The Morgan fingerprint density at radius 1 is 0.371 bits per heavy atom. The largest absolute Gasteiger partial charge is 0.219 e. The molecule has 0 fully saturated rings. The fourth-order valence-electron chi connectivity index (χ4n) is 5.15. The van der Waals surface area contributed by atoms with Crippen molar-refractivity contribution in [1.82, 2.24) is 0 Å². The lowest BCUT2D eigenvalue weighted by Crippen LogP contribution is -2.52. The normalized spacial score (nSPS) is 13.3. The van der Waals surface area contributed by atoms with Crippen LogP contribution in [0.5, 0.6) is 0 Å². The van der Waals surface area contributed by atoms with E-state index >= 15 is 10.2 Å². The predicted molar refractivity (Wildman–Crippen MR) is 138 cm³/mol. The van der Waals surface area contributed by atoms with Crippen LogP contribution < -0.4 is 0 Å². The highest BCUT2D eigenvalue weighted by Gasteiger charge is 2.61. The Bertz CT molecular complexity index is 1260. The van der Waals surface area contributed by atoms with Gasteiger partial charge in [0.1, 0.15) is 0 Å². The van der Waals surface area contributed by atoms with Crippen molar-refractivity contribution in [2.75, 3.05) is 0 Å². The lowest BCUT2D eigenvalue weighted by atomic mass is 9.60. The maximum Gasteiger partial charge on any atom is 0.191 e. The SMILES string of the molecule is [O]C(c1ccccc1)(c1ccccc1)C([O])(c1ccccc1)C(c1ccccc1)c1ccccc1. The van der Waals surface area contributed by atoms with E-state index in [9.17, 15) is 0 Å². The molecular weight excluding hydrogens is 428 g/mol. The number of hydrogen-bond donors (Lipinski definition) is 0. The van der Waals surface area contributed by atoms with Gasteiger partial charge in [0.15, 0.2) is 11.2 Å². The summed E-state index contributed by atoms with van der Waals surface area (Å²) in [6, 6.07) is 46.7.